The maximum atomic E-state index is 5.54. The van der Waals surface area contributed by atoms with E-state index in [1.165, 1.54) is 11.1 Å². The molecular weight excluding hydrogens is 241 g/mol. The van der Waals surface area contributed by atoms with Gasteiger partial charge in [0.05, 0.1) is 0 Å². The second-order valence-electron chi connectivity index (χ2n) is 4.60. The van der Waals surface area contributed by atoms with Crippen LogP contribution in [0, 0.1) is 0 Å². The van der Waals surface area contributed by atoms with E-state index in [0.29, 0.717) is 13.1 Å². The van der Waals surface area contributed by atoms with E-state index in [1.54, 1.807) is 0 Å². The van der Waals surface area contributed by atoms with Crippen LogP contribution in [0.5, 0.6) is 0 Å². The normalized spacial score (nSPS) is 9.90. The number of hydrogen-bond donors (Lipinski definition) is 3. The summed E-state index contributed by atoms with van der Waals surface area (Å²) in [6, 6.07) is 16.8. The zero-order chi connectivity index (χ0) is 13.5. The van der Waals surface area contributed by atoms with Crippen molar-refractivity contribution in [1.82, 2.24) is 0 Å². The molecule has 3 nitrogen and oxygen atoms in total. The quantitative estimate of drug-likeness (QED) is 0.619. The van der Waals surface area contributed by atoms with Crippen molar-refractivity contribution in [1.29, 1.82) is 0 Å². The Morgan fingerprint density at radius 2 is 1.05 bits per heavy atom. The summed E-state index contributed by atoms with van der Waals surface area (Å²) in [6.45, 7) is 1.38. The fraction of sp³-hybridized carbons (Fsp3) is 0.250. The van der Waals surface area contributed by atoms with Gasteiger partial charge in [0.15, 0.2) is 0 Å². The molecule has 2 rings (SSSR count). The fourth-order valence-electron chi connectivity index (χ4n) is 2.01. The predicted octanol–water partition coefficient (Wildman–Crippen LogP) is -0.451. The van der Waals surface area contributed by atoms with Crippen molar-refractivity contribution < 1.29 is 20.3 Å². The van der Waals surface area contributed by atoms with Crippen LogP contribution < -0.4 is 35.6 Å². The molecule has 0 aliphatic heterocycles. The van der Waals surface area contributed by atoms with Gasteiger partial charge >= 0.3 is 18.9 Å². The van der Waals surface area contributed by atoms with Crippen LogP contribution in [-0.4, -0.2) is 13.1 Å². The molecule has 0 spiro atoms. The molecule has 2 aromatic carbocycles. The number of benzene rings is 2. The maximum absolute atomic E-state index is 5.54. The number of nitrogens with one attached hydrogen (secondary N) is 1. The molecule has 0 radical (unpaired) electrons. The third kappa shape index (κ3) is 5.03. The molecule has 0 saturated heterocycles. The van der Waals surface area contributed by atoms with E-state index >= 15 is 0 Å². The molecule has 0 aliphatic carbocycles. The van der Waals surface area contributed by atoms with Gasteiger partial charge in [0.25, 0.3) is 0 Å². The summed E-state index contributed by atoms with van der Waals surface area (Å²) in [5.74, 6) is 0. The largest absolute Gasteiger partial charge is 1.00 e. The Labute approximate surface area is 134 Å². The summed E-state index contributed by atoms with van der Waals surface area (Å²) in [5.41, 5.74) is 15.8. The molecule has 5 N–H and O–H groups in total. The van der Waals surface area contributed by atoms with E-state index in [9.17, 15) is 0 Å². The second-order valence-corrected chi connectivity index (χ2v) is 4.60. The van der Waals surface area contributed by atoms with Crippen LogP contribution in [0.25, 0.3) is 0 Å². The van der Waals surface area contributed by atoms with Gasteiger partial charge in [-0.15, -0.1) is 0 Å². The van der Waals surface area contributed by atoms with Crippen LogP contribution in [0.2, 0.25) is 0 Å². The third-order valence-corrected chi connectivity index (χ3v) is 3.06. The van der Waals surface area contributed by atoms with Crippen LogP contribution in [-0.2, 0) is 12.8 Å². The SMILES string of the molecule is NCCc1ccc(Nc2ccc(CCN)cc2)cc1.[H-].[Li+]. The molecule has 0 atom stereocenters. The summed E-state index contributed by atoms with van der Waals surface area (Å²) in [4.78, 5) is 0. The van der Waals surface area contributed by atoms with E-state index in [0.717, 1.165) is 24.2 Å². The van der Waals surface area contributed by atoms with E-state index < -0.39 is 0 Å². The molecule has 0 aliphatic rings. The predicted molar refractivity (Wildman–Crippen MR) is 82.8 cm³/mol. The zero-order valence-corrected chi connectivity index (χ0v) is 12.1. The molecule has 0 heterocycles. The standard InChI is InChI=1S/C16H21N3.Li.H/c17-11-9-13-1-5-15(6-2-13)19-16-7-3-14(4-8-16)10-12-18;;/h1-8,19H,9-12,17-18H2;;/q;+1;-1. The Balaban J connectivity index is 0.00000200. The van der Waals surface area contributed by atoms with E-state index in [2.05, 4.69) is 53.8 Å². The summed E-state index contributed by atoms with van der Waals surface area (Å²) in [7, 11) is 0. The Bertz CT molecular complexity index is 452. The Hall–Kier alpha value is -1.24. The summed E-state index contributed by atoms with van der Waals surface area (Å²) in [6.07, 6.45) is 1.85. The molecule has 102 valence electrons. The van der Waals surface area contributed by atoms with Crippen LogP contribution in [0.4, 0.5) is 11.4 Å². The molecule has 4 heteroatoms. The van der Waals surface area contributed by atoms with Crippen molar-refractivity contribution in [2.75, 3.05) is 18.4 Å². The first-order valence-electron chi connectivity index (χ1n) is 6.67. The summed E-state index contributed by atoms with van der Waals surface area (Å²) < 4.78 is 0. The topological polar surface area (TPSA) is 64.1 Å². The van der Waals surface area contributed by atoms with Crippen molar-refractivity contribution >= 4 is 11.4 Å². The smallest absolute Gasteiger partial charge is 1.00 e. The molecular formula is C16H22LiN3. The molecule has 0 bridgehead atoms. The first-order chi connectivity index (χ1) is 9.31. The molecule has 0 saturated carbocycles. The van der Waals surface area contributed by atoms with Crippen molar-refractivity contribution in [3.63, 3.8) is 0 Å². The van der Waals surface area contributed by atoms with E-state index in [4.69, 9.17) is 11.5 Å². The number of anilines is 2. The Morgan fingerprint density at radius 3 is 1.35 bits per heavy atom. The van der Waals surface area contributed by atoms with Gasteiger partial charge in [-0.25, -0.2) is 0 Å². The van der Waals surface area contributed by atoms with Crippen LogP contribution >= 0.6 is 0 Å². The Morgan fingerprint density at radius 1 is 0.700 bits per heavy atom. The van der Waals surface area contributed by atoms with Gasteiger partial charge < -0.3 is 18.2 Å². The van der Waals surface area contributed by atoms with Gasteiger partial charge in [0, 0.05) is 11.4 Å². The van der Waals surface area contributed by atoms with Gasteiger partial charge in [-0.2, -0.15) is 0 Å². The van der Waals surface area contributed by atoms with Crippen LogP contribution in [0.3, 0.4) is 0 Å². The molecule has 0 aromatic heterocycles. The van der Waals surface area contributed by atoms with Gasteiger partial charge in [0.2, 0.25) is 0 Å². The van der Waals surface area contributed by atoms with Crippen molar-refractivity contribution in [2.24, 2.45) is 11.5 Å². The molecule has 2 aromatic rings. The minimum absolute atomic E-state index is 0. The number of nitrogens with two attached hydrogens (primary N) is 2. The molecule has 0 unspecified atom stereocenters. The van der Waals surface area contributed by atoms with Crippen molar-refractivity contribution in [3.8, 4) is 0 Å². The van der Waals surface area contributed by atoms with Crippen LogP contribution in [0.1, 0.15) is 12.6 Å². The van der Waals surface area contributed by atoms with Crippen molar-refractivity contribution in [2.45, 2.75) is 12.8 Å². The third-order valence-electron chi connectivity index (χ3n) is 3.06. The molecule has 20 heavy (non-hydrogen) atoms. The monoisotopic (exact) mass is 263 g/mol. The molecule has 0 amide bonds. The zero-order valence-electron chi connectivity index (χ0n) is 13.1. The van der Waals surface area contributed by atoms with Gasteiger partial charge in [0.1, 0.15) is 0 Å². The number of hydrogen-bond acceptors (Lipinski definition) is 3. The maximum Gasteiger partial charge on any atom is 1.00 e. The van der Waals surface area contributed by atoms with Gasteiger partial charge in [-0.3, -0.25) is 0 Å². The van der Waals surface area contributed by atoms with Gasteiger partial charge in [-0.1, -0.05) is 24.3 Å². The number of rotatable bonds is 6. The summed E-state index contributed by atoms with van der Waals surface area (Å²) in [5, 5.41) is 3.38. The summed E-state index contributed by atoms with van der Waals surface area (Å²) >= 11 is 0. The van der Waals surface area contributed by atoms with Crippen molar-refractivity contribution in [3.05, 3.63) is 59.7 Å². The average molecular weight is 263 g/mol. The van der Waals surface area contributed by atoms with Gasteiger partial charge in [-0.05, 0) is 61.3 Å². The fourth-order valence-corrected chi connectivity index (χ4v) is 2.01. The minimum atomic E-state index is 0. The average Bonchev–Trinajstić information content (AvgIpc) is 2.44. The second kappa shape index (κ2) is 8.83. The van der Waals surface area contributed by atoms with Crippen LogP contribution in [0.15, 0.2) is 48.5 Å². The Kier molecular flexibility index (Phi) is 7.43. The first-order valence-corrected chi connectivity index (χ1v) is 6.67. The minimum Gasteiger partial charge on any atom is -1.00 e. The van der Waals surface area contributed by atoms with E-state index in [-0.39, 0.29) is 20.3 Å². The molecule has 0 fully saturated rings. The van der Waals surface area contributed by atoms with E-state index in [1.807, 2.05) is 0 Å². The first kappa shape index (κ1) is 16.8.